The number of hydrogen-bond donors (Lipinski definition) is 1. The predicted octanol–water partition coefficient (Wildman–Crippen LogP) is 2.19. The molecule has 2 heterocycles. The molecule has 1 aromatic rings. The number of rotatable bonds is 3. The minimum atomic E-state index is -0.402. The summed E-state index contributed by atoms with van der Waals surface area (Å²) in [6.45, 7) is 5.57. The van der Waals surface area contributed by atoms with Crippen molar-refractivity contribution in [2.45, 2.75) is 32.2 Å². The van der Waals surface area contributed by atoms with Gasteiger partial charge >= 0.3 is 6.09 Å². The lowest BCUT2D eigenvalue weighted by molar-refractivity contribution is 0.167. The molecule has 1 atom stereocenters. The van der Waals surface area contributed by atoms with Gasteiger partial charge in [-0.2, -0.15) is 0 Å². The number of amides is 1. The van der Waals surface area contributed by atoms with E-state index in [4.69, 9.17) is 11.6 Å². The SMILES string of the molecule is COC(=O)NC1CCN(c2cc(Cl)nc(C(C)C)n2)C1. The molecule has 0 bridgehead atoms. The van der Waals surface area contributed by atoms with Crippen molar-refractivity contribution in [3.63, 3.8) is 0 Å². The molecule has 0 aromatic carbocycles. The molecule has 7 heteroatoms. The van der Waals surface area contributed by atoms with Crippen molar-refractivity contribution in [1.29, 1.82) is 0 Å². The predicted molar refractivity (Wildman–Crippen MR) is 77.3 cm³/mol. The summed E-state index contributed by atoms with van der Waals surface area (Å²) in [6, 6.07) is 1.83. The van der Waals surface area contributed by atoms with Crippen LogP contribution in [0.5, 0.6) is 0 Å². The zero-order chi connectivity index (χ0) is 14.7. The highest BCUT2D eigenvalue weighted by Crippen LogP contribution is 2.23. The maximum Gasteiger partial charge on any atom is 0.407 e. The van der Waals surface area contributed by atoms with Crippen LogP contribution in [0.15, 0.2) is 6.07 Å². The monoisotopic (exact) mass is 298 g/mol. The van der Waals surface area contributed by atoms with Gasteiger partial charge < -0.3 is 15.0 Å². The number of carbonyl (C=O) groups excluding carboxylic acids is 1. The summed E-state index contributed by atoms with van der Waals surface area (Å²) in [4.78, 5) is 22.1. The molecule has 1 N–H and O–H groups in total. The fourth-order valence-corrected chi connectivity index (χ4v) is 2.34. The Bertz CT molecular complexity index is 495. The molecule has 20 heavy (non-hydrogen) atoms. The van der Waals surface area contributed by atoms with E-state index in [-0.39, 0.29) is 12.0 Å². The summed E-state index contributed by atoms with van der Waals surface area (Å²) in [7, 11) is 1.36. The molecule has 0 saturated carbocycles. The first-order chi connectivity index (χ1) is 9.49. The number of ether oxygens (including phenoxy) is 1. The average Bonchev–Trinajstić information content (AvgIpc) is 2.86. The van der Waals surface area contributed by atoms with Crippen LogP contribution >= 0.6 is 11.6 Å². The number of nitrogens with one attached hydrogen (secondary N) is 1. The Morgan fingerprint density at radius 1 is 1.55 bits per heavy atom. The number of methoxy groups -OCH3 is 1. The molecule has 1 aliphatic rings. The summed E-state index contributed by atoms with van der Waals surface area (Å²) in [5, 5.41) is 3.25. The largest absolute Gasteiger partial charge is 0.453 e. The highest BCUT2D eigenvalue weighted by molar-refractivity contribution is 6.29. The van der Waals surface area contributed by atoms with Crippen LogP contribution in [0.2, 0.25) is 5.15 Å². The van der Waals surface area contributed by atoms with Crippen molar-refractivity contribution in [2.75, 3.05) is 25.1 Å². The number of hydrogen-bond acceptors (Lipinski definition) is 5. The van der Waals surface area contributed by atoms with Gasteiger partial charge in [0.15, 0.2) is 0 Å². The topological polar surface area (TPSA) is 67.3 Å². The number of aromatic nitrogens is 2. The average molecular weight is 299 g/mol. The van der Waals surface area contributed by atoms with Crippen LogP contribution in [0.25, 0.3) is 0 Å². The van der Waals surface area contributed by atoms with Crippen molar-refractivity contribution < 1.29 is 9.53 Å². The van der Waals surface area contributed by atoms with E-state index in [9.17, 15) is 4.79 Å². The minimum absolute atomic E-state index is 0.0682. The third-order valence-corrected chi connectivity index (χ3v) is 3.43. The Morgan fingerprint density at radius 3 is 2.95 bits per heavy atom. The fourth-order valence-electron chi connectivity index (χ4n) is 2.15. The second-order valence-electron chi connectivity index (χ2n) is 5.13. The smallest absolute Gasteiger partial charge is 0.407 e. The molecule has 110 valence electrons. The van der Waals surface area contributed by atoms with Crippen molar-refractivity contribution in [3.05, 3.63) is 17.0 Å². The number of alkyl carbamates (subject to hydrolysis) is 1. The molecule has 6 nitrogen and oxygen atoms in total. The van der Waals surface area contributed by atoms with Gasteiger partial charge in [-0.25, -0.2) is 14.8 Å². The van der Waals surface area contributed by atoms with E-state index in [1.54, 1.807) is 6.07 Å². The second-order valence-corrected chi connectivity index (χ2v) is 5.52. The van der Waals surface area contributed by atoms with Gasteiger partial charge in [0.05, 0.1) is 13.2 Å². The standard InChI is InChI=1S/C13H19ClN4O2/c1-8(2)12-16-10(14)6-11(17-12)18-5-4-9(7-18)15-13(19)20-3/h6,8-9H,4-5,7H2,1-3H3,(H,15,19). The Balaban J connectivity index is 2.08. The summed E-state index contributed by atoms with van der Waals surface area (Å²) in [5.74, 6) is 1.76. The van der Waals surface area contributed by atoms with Crippen LogP contribution in [0.3, 0.4) is 0 Å². The summed E-state index contributed by atoms with van der Waals surface area (Å²) >= 11 is 6.05. The van der Waals surface area contributed by atoms with E-state index < -0.39 is 6.09 Å². The molecule has 1 aliphatic heterocycles. The molecule has 0 aliphatic carbocycles. The Hall–Kier alpha value is -1.56. The molecule has 1 unspecified atom stereocenters. The third kappa shape index (κ3) is 3.50. The zero-order valence-electron chi connectivity index (χ0n) is 11.9. The first kappa shape index (κ1) is 14.8. The van der Waals surface area contributed by atoms with E-state index in [0.29, 0.717) is 11.7 Å². The second kappa shape index (κ2) is 6.26. The molecular weight excluding hydrogens is 280 g/mol. The molecule has 0 spiro atoms. The molecule has 0 radical (unpaired) electrons. The quantitative estimate of drug-likeness (QED) is 0.866. The molecule has 2 rings (SSSR count). The van der Waals surface area contributed by atoms with E-state index in [2.05, 4.69) is 24.9 Å². The summed E-state index contributed by atoms with van der Waals surface area (Å²) in [6.07, 6.45) is 0.453. The normalized spacial score (nSPS) is 18.4. The first-order valence-electron chi connectivity index (χ1n) is 6.63. The van der Waals surface area contributed by atoms with Crippen molar-refractivity contribution >= 4 is 23.5 Å². The van der Waals surface area contributed by atoms with Gasteiger partial charge in [0.2, 0.25) is 0 Å². The molecule has 1 fully saturated rings. The van der Waals surface area contributed by atoms with Gasteiger partial charge in [0.25, 0.3) is 0 Å². The van der Waals surface area contributed by atoms with E-state index in [0.717, 1.165) is 24.6 Å². The van der Waals surface area contributed by atoms with Crippen LogP contribution in [0.1, 0.15) is 32.0 Å². The van der Waals surface area contributed by atoms with Gasteiger partial charge in [0, 0.05) is 25.1 Å². The van der Waals surface area contributed by atoms with Crippen molar-refractivity contribution in [3.8, 4) is 0 Å². The lowest BCUT2D eigenvalue weighted by atomic mass is 10.2. The maximum atomic E-state index is 11.2. The highest BCUT2D eigenvalue weighted by atomic mass is 35.5. The highest BCUT2D eigenvalue weighted by Gasteiger charge is 2.25. The van der Waals surface area contributed by atoms with Crippen LogP contribution in [-0.2, 0) is 4.74 Å². The Morgan fingerprint density at radius 2 is 2.30 bits per heavy atom. The lowest BCUT2D eigenvalue weighted by Crippen LogP contribution is -2.37. The number of nitrogens with zero attached hydrogens (tertiary/aromatic N) is 3. The Kier molecular flexibility index (Phi) is 4.65. The summed E-state index contributed by atoms with van der Waals surface area (Å²) < 4.78 is 4.61. The molecular formula is C13H19ClN4O2. The summed E-state index contributed by atoms with van der Waals surface area (Å²) in [5.41, 5.74) is 0. The number of halogens is 1. The number of anilines is 1. The lowest BCUT2D eigenvalue weighted by Gasteiger charge is -2.19. The molecule has 1 saturated heterocycles. The minimum Gasteiger partial charge on any atom is -0.453 e. The van der Waals surface area contributed by atoms with E-state index >= 15 is 0 Å². The van der Waals surface area contributed by atoms with Crippen LogP contribution < -0.4 is 10.2 Å². The molecule has 1 amide bonds. The van der Waals surface area contributed by atoms with Crippen LogP contribution in [0.4, 0.5) is 10.6 Å². The number of carbonyl (C=O) groups is 1. The van der Waals surface area contributed by atoms with E-state index in [1.165, 1.54) is 7.11 Å². The van der Waals surface area contributed by atoms with Crippen molar-refractivity contribution in [2.24, 2.45) is 0 Å². The molecule has 1 aromatic heterocycles. The van der Waals surface area contributed by atoms with Gasteiger partial charge in [0.1, 0.15) is 16.8 Å². The van der Waals surface area contributed by atoms with Gasteiger partial charge in [-0.1, -0.05) is 25.4 Å². The van der Waals surface area contributed by atoms with E-state index in [1.807, 2.05) is 13.8 Å². The first-order valence-corrected chi connectivity index (χ1v) is 7.01. The van der Waals surface area contributed by atoms with Gasteiger partial charge in [-0.15, -0.1) is 0 Å². The van der Waals surface area contributed by atoms with Gasteiger partial charge in [-0.3, -0.25) is 0 Å². The zero-order valence-corrected chi connectivity index (χ0v) is 12.6. The Labute approximate surface area is 123 Å². The van der Waals surface area contributed by atoms with Crippen LogP contribution in [0, 0.1) is 0 Å². The van der Waals surface area contributed by atoms with Crippen LogP contribution in [-0.4, -0.2) is 42.3 Å². The fraction of sp³-hybridized carbons (Fsp3) is 0.615. The third-order valence-electron chi connectivity index (χ3n) is 3.23. The van der Waals surface area contributed by atoms with Crippen molar-refractivity contribution in [1.82, 2.24) is 15.3 Å². The van der Waals surface area contributed by atoms with Gasteiger partial charge in [-0.05, 0) is 6.42 Å². The maximum absolute atomic E-state index is 11.2.